The third kappa shape index (κ3) is 3.20. The third-order valence-electron chi connectivity index (χ3n) is 4.35. The molecule has 0 atom stereocenters. The lowest BCUT2D eigenvalue weighted by molar-refractivity contribution is 0.0694. The first-order chi connectivity index (χ1) is 13.1. The van der Waals surface area contributed by atoms with Gasteiger partial charge in [0.15, 0.2) is 0 Å². The number of hydrogen-bond acceptors (Lipinski definition) is 3. The molecule has 4 rings (SSSR count). The second-order valence-corrected chi connectivity index (χ2v) is 6.13. The number of phenols is 1. The Morgan fingerprint density at radius 2 is 1.56 bits per heavy atom. The van der Waals surface area contributed by atoms with Crippen LogP contribution in [0.1, 0.15) is 21.5 Å². The zero-order chi connectivity index (χ0) is 18.8. The molecule has 4 heteroatoms. The largest absolute Gasteiger partial charge is 0.507 e. The van der Waals surface area contributed by atoms with Crippen LogP contribution in [0, 0.1) is 0 Å². The molecule has 0 aliphatic carbocycles. The van der Waals surface area contributed by atoms with Gasteiger partial charge in [0.25, 0.3) is 0 Å². The highest BCUT2D eigenvalue weighted by Gasteiger charge is 2.19. The van der Waals surface area contributed by atoms with E-state index in [0.717, 1.165) is 16.7 Å². The zero-order valence-electron chi connectivity index (χ0n) is 14.3. The van der Waals surface area contributed by atoms with E-state index in [1.165, 1.54) is 12.1 Å². The molecule has 4 aromatic rings. The van der Waals surface area contributed by atoms with Crippen molar-refractivity contribution in [1.29, 1.82) is 0 Å². The first-order valence-corrected chi connectivity index (χ1v) is 8.45. The van der Waals surface area contributed by atoms with Crippen molar-refractivity contribution in [3.05, 3.63) is 89.5 Å². The minimum absolute atomic E-state index is 0.155. The van der Waals surface area contributed by atoms with Crippen molar-refractivity contribution in [2.24, 2.45) is 0 Å². The number of aromatic carboxylic acids is 1. The van der Waals surface area contributed by atoms with Crippen molar-refractivity contribution < 1.29 is 19.4 Å². The molecule has 27 heavy (non-hydrogen) atoms. The molecule has 0 bridgehead atoms. The summed E-state index contributed by atoms with van der Waals surface area (Å²) < 4.78 is 5.99. The Morgan fingerprint density at radius 3 is 2.22 bits per heavy atom. The molecule has 0 amide bonds. The molecule has 3 aromatic carbocycles. The van der Waals surface area contributed by atoms with Crippen LogP contribution in [0.3, 0.4) is 0 Å². The lowest BCUT2D eigenvalue weighted by Crippen LogP contribution is -1.96. The third-order valence-corrected chi connectivity index (χ3v) is 4.35. The second-order valence-electron chi connectivity index (χ2n) is 6.13. The maximum Gasteiger partial charge on any atom is 0.339 e. The summed E-state index contributed by atoms with van der Waals surface area (Å²) in [6, 6.07) is 22.2. The summed E-state index contributed by atoms with van der Waals surface area (Å²) in [6.07, 6.45) is 3.86. The van der Waals surface area contributed by atoms with Crippen LogP contribution >= 0.6 is 0 Å². The molecule has 2 N–H and O–H groups in total. The van der Waals surface area contributed by atoms with E-state index >= 15 is 0 Å². The molecule has 0 aliphatic rings. The maximum absolute atomic E-state index is 11.4. The van der Waals surface area contributed by atoms with E-state index in [9.17, 15) is 15.0 Å². The molecule has 132 valence electrons. The summed E-state index contributed by atoms with van der Waals surface area (Å²) in [5.74, 6) is -0.878. The van der Waals surface area contributed by atoms with Crippen LogP contribution in [0.25, 0.3) is 34.4 Å². The Kier molecular flexibility index (Phi) is 4.22. The summed E-state index contributed by atoms with van der Waals surface area (Å²) in [4.78, 5) is 11.4. The fraction of sp³-hybridized carbons (Fsp3) is 0. The number of carboxylic acid groups (broad SMARTS) is 1. The quantitative estimate of drug-likeness (QED) is 0.494. The average Bonchev–Trinajstić information content (AvgIpc) is 3.04. The SMILES string of the molecule is O=C(O)c1cc2c(C=Cc3ccccc3)c(-c3ccccc3)oc2cc1O. The van der Waals surface area contributed by atoms with Crippen molar-refractivity contribution in [3.8, 4) is 17.1 Å². The van der Waals surface area contributed by atoms with E-state index < -0.39 is 5.97 Å². The Morgan fingerprint density at radius 1 is 0.889 bits per heavy atom. The lowest BCUT2D eigenvalue weighted by Gasteiger charge is -2.00. The van der Waals surface area contributed by atoms with Crippen LogP contribution in [0.15, 0.2) is 77.2 Å². The van der Waals surface area contributed by atoms with Gasteiger partial charge in [-0.15, -0.1) is 0 Å². The number of benzene rings is 3. The molecule has 0 saturated carbocycles. The molecule has 0 saturated heterocycles. The van der Waals surface area contributed by atoms with Crippen molar-refractivity contribution in [3.63, 3.8) is 0 Å². The average molecular weight is 356 g/mol. The van der Waals surface area contributed by atoms with Crippen molar-refractivity contribution >= 4 is 29.1 Å². The lowest BCUT2D eigenvalue weighted by atomic mass is 10.0. The number of aromatic hydroxyl groups is 1. The van der Waals surface area contributed by atoms with Crippen LogP contribution in [0.2, 0.25) is 0 Å². The minimum Gasteiger partial charge on any atom is -0.507 e. The number of carbonyl (C=O) groups is 1. The van der Waals surface area contributed by atoms with Gasteiger partial charge in [-0.25, -0.2) is 4.79 Å². The van der Waals surface area contributed by atoms with Crippen molar-refractivity contribution in [2.45, 2.75) is 0 Å². The van der Waals surface area contributed by atoms with Crippen LogP contribution in [0.4, 0.5) is 0 Å². The number of rotatable bonds is 4. The summed E-state index contributed by atoms with van der Waals surface area (Å²) in [7, 11) is 0. The Balaban J connectivity index is 1.95. The molecule has 0 spiro atoms. The van der Waals surface area contributed by atoms with Gasteiger partial charge in [0.2, 0.25) is 0 Å². The Hall–Kier alpha value is -3.79. The van der Waals surface area contributed by atoms with Gasteiger partial charge in [0.1, 0.15) is 22.7 Å². The summed E-state index contributed by atoms with van der Waals surface area (Å²) in [5, 5.41) is 20.0. The van der Waals surface area contributed by atoms with Gasteiger partial charge < -0.3 is 14.6 Å². The van der Waals surface area contributed by atoms with E-state index in [-0.39, 0.29) is 11.3 Å². The Bertz CT molecular complexity index is 1140. The first kappa shape index (κ1) is 16.7. The van der Waals surface area contributed by atoms with E-state index in [2.05, 4.69) is 0 Å². The van der Waals surface area contributed by atoms with E-state index in [1.54, 1.807) is 0 Å². The van der Waals surface area contributed by atoms with Gasteiger partial charge in [0.05, 0.1) is 0 Å². The molecule has 0 fully saturated rings. The molecule has 1 aromatic heterocycles. The van der Waals surface area contributed by atoms with E-state index in [1.807, 2.05) is 72.8 Å². The van der Waals surface area contributed by atoms with Gasteiger partial charge >= 0.3 is 5.97 Å². The number of furan rings is 1. The molecular formula is C23H16O4. The minimum atomic E-state index is -1.19. The van der Waals surface area contributed by atoms with E-state index in [4.69, 9.17) is 4.42 Å². The van der Waals surface area contributed by atoms with Crippen molar-refractivity contribution in [1.82, 2.24) is 0 Å². The van der Waals surface area contributed by atoms with Crippen LogP contribution in [-0.4, -0.2) is 16.2 Å². The van der Waals surface area contributed by atoms with Crippen LogP contribution < -0.4 is 0 Å². The molecule has 0 unspecified atom stereocenters. The van der Waals surface area contributed by atoms with Gasteiger partial charge in [-0.2, -0.15) is 0 Å². The van der Waals surface area contributed by atoms with Gasteiger partial charge in [-0.3, -0.25) is 0 Å². The number of hydrogen-bond donors (Lipinski definition) is 2. The molecular weight excluding hydrogens is 340 g/mol. The fourth-order valence-corrected chi connectivity index (χ4v) is 3.04. The highest BCUT2D eigenvalue weighted by molar-refractivity contribution is 6.02. The Labute approximate surface area is 155 Å². The maximum atomic E-state index is 11.4. The molecule has 1 heterocycles. The van der Waals surface area contributed by atoms with Gasteiger partial charge in [-0.1, -0.05) is 66.7 Å². The molecule has 0 radical (unpaired) electrons. The normalized spacial score (nSPS) is 11.3. The highest BCUT2D eigenvalue weighted by Crippen LogP contribution is 2.37. The second kappa shape index (κ2) is 6.84. The van der Waals surface area contributed by atoms with Gasteiger partial charge in [-0.05, 0) is 17.7 Å². The standard InChI is InChI=1S/C23H16O4/c24-20-14-21-18(13-19(20)23(25)26)17(12-11-15-7-3-1-4-8-15)22(27-21)16-9-5-2-6-10-16/h1-14,24H,(H,25,26). The van der Waals surface area contributed by atoms with E-state index in [0.29, 0.717) is 16.7 Å². The summed E-state index contributed by atoms with van der Waals surface area (Å²) in [5.41, 5.74) is 2.93. The monoisotopic (exact) mass is 356 g/mol. The number of carboxylic acids is 1. The van der Waals surface area contributed by atoms with Crippen molar-refractivity contribution in [2.75, 3.05) is 0 Å². The predicted octanol–water partition coefficient (Wildman–Crippen LogP) is 5.67. The zero-order valence-corrected chi connectivity index (χ0v) is 14.3. The molecule has 0 aliphatic heterocycles. The number of fused-ring (bicyclic) bond motifs is 1. The van der Waals surface area contributed by atoms with Crippen LogP contribution in [-0.2, 0) is 0 Å². The first-order valence-electron chi connectivity index (χ1n) is 8.45. The fourth-order valence-electron chi connectivity index (χ4n) is 3.04. The summed E-state index contributed by atoms with van der Waals surface area (Å²) >= 11 is 0. The summed E-state index contributed by atoms with van der Waals surface area (Å²) in [6.45, 7) is 0. The molecule has 4 nitrogen and oxygen atoms in total. The highest BCUT2D eigenvalue weighted by atomic mass is 16.4. The van der Waals surface area contributed by atoms with Crippen LogP contribution in [0.5, 0.6) is 5.75 Å². The van der Waals surface area contributed by atoms with Gasteiger partial charge in [0, 0.05) is 22.6 Å². The predicted molar refractivity (Wildman–Crippen MR) is 106 cm³/mol. The topological polar surface area (TPSA) is 70.7 Å². The smallest absolute Gasteiger partial charge is 0.339 e.